The molecule has 10 aromatic rings. The van der Waals surface area contributed by atoms with Crippen molar-refractivity contribution in [3.05, 3.63) is 131 Å². The van der Waals surface area contributed by atoms with E-state index in [9.17, 15) is 0 Å². The Balaban J connectivity index is 1.59. The molecule has 2 heterocycles. The van der Waals surface area contributed by atoms with Crippen molar-refractivity contribution in [2.75, 3.05) is 0 Å². The summed E-state index contributed by atoms with van der Waals surface area (Å²) < 4.78 is 13.4. The lowest BCUT2D eigenvalue weighted by Gasteiger charge is -2.24. The van der Waals surface area contributed by atoms with Gasteiger partial charge in [0.15, 0.2) is 0 Å². The molecule has 0 saturated heterocycles. The Morgan fingerprint density at radius 3 is 1.22 bits per heavy atom. The maximum Gasteiger partial charge on any atom is 0.139 e. The number of benzene rings is 8. The standard InChI is InChI=1S/C44H30O2/c1-23-11-9-12-24(2)39(23)31-21-32(40-25(3)13-10-14-26(40)4)34-20-30-28-16-6-8-18-36(28)46-38-22-37-42-29(27-15-5-7-17-35(27)45-37)19-33(31)41(34)44(42)43(30)38/h5-22H,1-4H3. The van der Waals surface area contributed by atoms with Crippen molar-refractivity contribution in [2.24, 2.45) is 0 Å². The van der Waals surface area contributed by atoms with Crippen LogP contribution in [0.1, 0.15) is 22.3 Å². The Hall–Kier alpha value is -5.60. The Kier molecular flexibility index (Phi) is 5.02. The van der Waals surface area contributed by atoms with Gasteiger partial charge in [-0.15, -0.1) is 0 Å². The van der Waals surface area contributed by atoms with Gasteiger partial charge in [0.2, 0.25) is 0 Å². The predicted octanol–water partition coefficient (Wildman–Crippen LogP) is 13.0. The van der Waals surface area contributed by atoms with Crippen LogP contribution >= 0.6 is 0 Å². The quantitative estimate of drug-likeness (QED) is 0.148. The van der Waals surface area contributed by atoms with Crippen LogP contribution in [0.5, 0.6) is 0 Å². The van der Waals surface area contributed by atoms with Crippen molar-refractivity contribution in [3.8, 4) is 22.3 Å². The molecule has 0 radical (unpaired) electrons. The Labute approximate surface area is 265 Å². The lowest BCUT2D eigenvalue weighted by Crippen LogP contribution is -1.98. The highest BCUT2D eigenvalue weighted by atomic mass is 16.3. The first-order valence-electron chi connectivity index (χ1n) is 16.0. The van der Waals surface area contributed by atoms with Gasteiger partial charge in [-0.1, -0.05) is 72.8 Å². The van der Waals surface area contributed by atoms with E-state index in [-0.39, 0.29) is 0 Å². The number of hydrogen-bond acceptors (Lipinski definition) is 2. The molecule has 0 aliphatic heterocycles. The molecular weight excluding hydrogens is 560 g/mol. The van der Waals surface area contributed by atoms with E-state index in [2.05, 4.69) is 125 Å². The number of aryl methyl sites for hydroxylation is 4. The minimum atomic E-state index is 0.849. The van der Waals surface area contributed by atoms with E-state index in [0.717, 1.165) is 43.9 Å². The summed E-state index contributed by atoms with van der Waals surface area (Å²) in [5.74, 6) is 0. The number of hydrogen-bond donors (Lipinski definition) is 0. The molecule has 2 heteroatoms. The van der Waals surface area contributed by atoms with Crippen LogP contribution in [-0.4, -0.2) is 0 Å². The molecule has 0 spiro atoms. The van der Waals surface area contributed by atoms with Crippen molar-refractivity contribution in [2.45, 2.75) is 27.7 Å². The first-order chi connectivity index (χ1) is 22.5. The third kappa shape index (κ3) is 3.26. The lowest BCUT2D eigenvalue weighted by atomic mass is 9.80. The number of para-hydroxylation sites is 2. The molecule has 0 N–H and O–H groups in total. The van der Waals surface area contributed by atoms with Gasteiger partial charge in [0.05, 0.1) is 0 Å². The van der Waals surface area contributed by atoms with E-state index < -0.39 is 0 Å². The molecule has 0 bridgehead atoms. The highest BCUT2D eigenvalue weighted by Gasteiger charge is 2.26. The topological polar surface area (TPSA) is 26.3 Å². The van der Waals surface area contributed by atoms with Crippen LogP contribution in [0.2, 0.25) is 0 Å². The number of fused-ring (bicyclic) bond motifs is 4. The monoisotopic (exact) mass is 590 g/mol. The molecule has 0 saturated carbocycles. The van der Waals surface area contributed by atoms with E-state index in [1.165, 1.54) is 76.8 Å². The lowest BCUT2D eigenvalue weighted by molar-refractivity contribution is 0.649. The Morgan fingerprint density at radius 2 is 0.761 bits per heavy atom. The summed E-state index contributed by atoms with van der Waals surface area (Å²) in [5, 5.41) is 12.0. The van der Waals surface area contributed by atoms with Crippen molar-refractivity contribution in [3.63, 3.8) is 0 Å². The summed E-state index contributed by atoms with van der Waals surface area (Å²) in [5.41, 5.74) is 13.7. The molecule has 0 aliphatic rings. The predicted molar refractivity (Wildman–Crippen MR) is 195 cm³/mol. The van der Waals surface area contributed by atoms with Gasteiger partial charge in [0.1, 0.15) is 22.3 Å². The van der Waals surface area contributed by atoms with Crippen LogP contribution in [0.4, 0.5) is 0 Å². The summed E-state index contributed by atoms with van der Waals surface area (Å²) in [7, 11) is 0. The van der Waals surface area contributed by atoms with Gasteiger partial charge < -0.3 is 8.83 Å². The molecule has 218 valence electrons. The van der Waals surface area contributed by atoms with Gasteiger partial charge in [-0.25, -0.2) is 0 Å². The second kappa shape index (κ2) is 8.99. The van der Waals surface area contributed by atoms with Crippen LogP contribution in [0.15, 0.2) is 118 Å². The van der Waals surface area contributed by atoms with Crippen LogP contribution in [0, 0.1) is 27.7 Å². The molecule has 46 heavy (non-hydrogen) atoms. The smallest absolute Gasteiger partial charge is 0.139 e. The van der Waals surface area contributed by atoms with Gasteiger partial charge in [-0.3, -0.25) is 0 Å². The van der Waals surface area contributed by atoms with Gasteiger partial charge in [-0.2, -0.15) is 0 Å². The van der Waals surface area contributed by atoms with Crippen LogP contribution < -0.4 is 0 Å². The zero-order valence-corrected chi connectivity index (χ0v) is 26.2. The summed E-state index contributed by atoms with van der Waals surface area (Å²) in [6.45, 7) is 8.96. The van der Waals surface area contributed by atoms with Crippen molar-refractivity contribution in [1.82, 2.24) is 0 Å². The largest absolute Gasteiger partial charge is 0.456 e. The van der Waals surface area contributed by atoms with Crippen molar-refractivity contribution < 1.29 is 8.83 Å². The first kappa shape index (κ1) is 25.7. The number of rotatable bonds is 2. The zero-order chi connectivity index (χ0) is 30.8. The molecule has 0 aliphatic carbocycles. The fourth-order valence-corrected chi connectivity index (χ4v) is 8.41. The molecule has 0 unspecified atom stereocenters. The molecule has 2 aromatic heterocycles. The molecule has 10 rings (SSSR count). The minimum absolute atomic E-state index is 0.849. The average molecular weight is 591 g/mol. The van der Waals surface area contributed by atoms with Gasteiger partial charge in [-0.05, 0) is 129 Å². The molecule has 2 nitrogen and oxygen atoms in total. The Morgan fingerprint density at radius 1 is 0.326 bits per heavy atom. The second-order valence-electron chi connectivity index (χ2n) is 13.0. The van der Waals surface area contributed by atoms with E-state index >= 15 is 0 Å². The molecule has 0 atom stereocenters. The fraction of sp³-hybridized carbons (Fsp3) is 0.0909. The van der Waals surface area contributed by atoms with Crippen LogP contribution in [0.3, 0.4) is 0 Å². The van der Waals surface area contributed by atoms with Gasteiger partial charge >= 0.3 is 0 Å². The van der Waals surface area contributed by atoms with E-state index in [0.29, 0.717) is 0 Å². The summed E-state index contributed by atoms with van der Waals surface area (Å²) in [6.07, 6.45) is 0. The maximum atomic E-state index is 6.71. The average Bonchev–Trinajstić information content (AvgIpc) is 3.05. The second-order valence-corrected chi connectivity index (χ2v) is 13.0. The maximum absolute atomic E-state index is 6.71. The molecular formula is C44H30O2. The van der Waals surface area contributed by atoms with E-state index in [1.54, 1.807) is 0 Å². The van der Waals surface area contributed by atoms with Gasteiger partial charge in [0, 0.05) is 33.0 Å². The molecule has 0 fully saturated rings. The van der Waals surface area contributed by atoms with Gasteiger partial charge in [0.25, 0.3) is 0 Å². The Bertz CT molecular complexity index is 2660. The highest BCUT2D eigenvalue weighted by Crippen LogP contribution is 2.52. The zero-order valence-electron chi connectivity index (χ0n) is 26.2. The van der Waals surface area contributed by atoms with Crippen molar-refractivity contribution in [1.29, 1.82) is 0 Å². The van der Waals surface area contributed by atoms with E-state index in [1.807, 2.05) is 12.1 Å². The van der Waals surface area contributed by atoms with Crippen molar-refractivity contribution >= 4 is 76.2 Å². The fourth-order valence-electron chi connectivity index (χ4n) is 8.41. The SMILES string of the molecule is Cc1cccc(C)c1-c1cc(-c2c(C)cccc2C)c2cc3c4ccccc4oc4cc5oc6ccccc6c6cc1c2c(c56)c43. The third-order valence-corrected chi connectivity index (χ3v) is 10.3. The normalized spacial score (nSPS) is 12.3. The third-order valence-electron chi connectivity index (χ3n) is 10.3. The molecule has 0 amide bonds. The molecule has 8 aromatic carbocycles. The highest BCUT2D eigenvalue weighted by molar-refractivity contribution is 6.42. The first-order valence-corrected chi connectivity index (χ1v) is 16.0. The van der Waals surface area contributed by atoms with Crippen LogP contribution in [-0.2, 0) is 0 Å². The summed E-state index contributed by atoms with van der Waals surface area (Å²) in [4.78, 5) is 0. The summed E-state index contributed by atoms with van der Waals surface area (Å²) in [6, 6.07) is 39.6. The van der Waals surface area contributed by atoms with E-state index in [4.69, 9.17) is 8.83 Å². The van der Waals surface area contributed by atoms with Crippen LogP contribution in [0.25, 0.3) is 98.4 Å². The summed E-state index contributed by atoms with van der Waals surface area (Å²) >= 11 is 0. The minimum Gasteiger partial charge on any atom is -0.456 e.